The van der Waals surface area contributed by atoms with Crippen molar-refractivity contribution in [2.24, 2.45) is 16.6 Å². The van der Waals surface area contributed by atoms with E-state index in [-0.39, 0.29) is 5.91 Å². The number of hydrogen-bond donors (Lipinski definition) is 2. The van der Waals surface area contributed by atoms with Crippen molar-refractivity contribution < 1.29 is 4.79 Å². The van der Waals surface area contributed by atoms with Crippen molar-refractivity contribution in [2.75, 3.05) is 46.3 Å². The average Bonchev–Trinajstić information content (AvgIpc) is 2.80. The summed E-state index contributed by atoms with van der Waals surface area (Å²) in [4.78, 5) is 20.4. The van der Waals surface area contributed by atoms with Gasteiger partial charge >= 0.3 is 0 Å². The Morgan fingerprint density at radius 3 is 2.57 bits per heavy atom. The zero-order valence-electron chi connectivity index (χ0n) is 14.6. The summed E-state index contributed by atoms with van der Waals surface area (Å²) in [5.41, 5.74) is 5.34. The molecular weight excluding hydrogens is 290 g/mol. The summed E-state index contributed by atoms with van der Waals surface area (Å²) in [7, 11) is 1.84. The molecule has 1 atom stereocenters. The van der Waals surface area contributed by atoms with Crippen molar-refractivity contribution in [3.05, 3.63) is 0 Å². The Hall–Kier alpha value is -1.30. The normalized spacial score (nSPS) is 24.3. The predicted octanol–water partition coefficient (Wildman–Crippen LogP) is 1.03. The molecule has 0 bridgehead atoms. The van der Waals surface area contributed by atoms with Crippen LogP contribution in [0.3, 0.4) is 0 Å². The number of carbonyl (C=O) groups excluding carboxylic acids is 1. The minimum absolute atomic E-state index is 0.194. The van der Waals surface area contributed by atoms with E-state index < -0.39 is 0 Å². The van der Waals surface area contributed by atoms with Crippen LogP contribution in [0.5, 0.6) is 0 Å². The highest BCUT2D eigenvalue weighted by atomic mass is 16.1. The molecule has 132 valence electrons. The minimum Gasteiger partial charge on any atom is -0.370 e. The lowest BCUT2D eigenvalue weighted by molar-refractivity contribution is -0.119. The number of piperidine rings is 1. The van der Waals surface area contributed by atoms with Gasteiger partial charge in [-0.3, -0.25) is 9.79 Å². The molecule has 0 saturated carbocycles. The minimum atomic E-state index is -0.194. The largest absolute Gasteiger partial charge is 0.370 e. The zero-order chi connectivity index (χ0) is 16.5. The number of likely N-dealkylation sites (tertiary alicyclic amines) is 2. The van der Waals surface area contributed by atoms with Crippen LogP contribution in [0.25, 0.3) is 0 Å². The second-order valence-electron chi connectivity index (χ2n) is 6.85. The third-order valence-corrected chi connectivity index (χ3v) is 4.93. The van der Waals surface area contributed by atoms with Gasteiger partial charge in [0.05, 0.1) is 0 Å². The van der Waals surface area contributed by atoms with Crippen molar-refractivity contribution in [1.82, 2.24) is 15.1 Å². The van der Waals surface area contributed by atoms with Crippen LogP contribution in [-0.4, -0.2) is 68.0 Å². The van der Waals surface area contributed by atoms with Gasteiger partial charge < -0.3 is 20.9 Å². The maximum Gasteiger partial charge on any atom is 0.217 e. The van der Waals surface area contributed by atoms with E-state index in [4.69, 9.17) is 5.73 Å². The molecule has 0 spiro atoms. The molecule has 0 aliphatic carbocycles. The van der Waals surface area contributed by atoms with Crippen LogP contribution in [-0.2, 0) is 4.79 Å². The van der Waals surface area contributed by atoms with Gasteiger partial charge in [0.2, 0.25) is 5.91 Å². The van der Waals surface area contributed by atoms with E-state index >= 15 is 0 Å². The Balaban J connectivity index is 1.74. The first-order valence-electron chi connectivity index (χ1n) is 9.15. The van der Waals surface area contributed by atoms with Gasteiger partial charge in [0.25, 0.3) is 0 Å². The van der Waals surface area contributed by atoms with Crippen LogP contribution in [0, 0.1) is 5.92 Å². The van der Waals surface area contributed by atoms with E-state index in [9.17, 15) is 4.79 Å². The van der Waals surface area contributed by atoms with Gasteiger partial charge in [0.15, 0.2) is 5.96 Å². The maximum absolute atomic E-state index is 11.1. The molecule has 1 unspecified atom stereocenters. The van der Waals surface area contributed by atoms with Gasteiger partial charge in [-0.05, 0) is 44.7 Å². The molecule has 2 aliphatic rings. The lowest BCUT2D eigenvalue weighted by Crippen LogP contribution is -2.48. The second-order valence-corrected chi connectivity index (χ2v) is 6.85. The molecule has 3 N–H and O–H groups in total. The summed E-state index contributed by atoms with van der Waals surface area (Å²) in [5, 5.41) is 3.50. The highest BCUT2D eigenvalue weighted by Gasteiger charge is 2.23. The van der Waals surface area contributed by atoms with Gasteiger partial charge in [-0.15, -0.1) is 0 Å². The predicted molar refractivity (Wildman–Crippen MR) is 94.4 cm³/mol. The number of nitrogens with one attached hydrogen (secondary N) is 1. The molecule has 0 aromatic rings. The van der Waals surface area contributed by atoms with Crippen LogP contribution in [0.15, 0.2) is 4.99 Å². The van der Waals surface area contributed by atoms with Crippen molar-refractivity contribution in [3.63, 3.8) is 0 Å². The van der Waals surface area contributed by atoms with Gasteiger partial charge in [-0.1, -0.05) is 12.8 Å². The van der Waals surface area contributed by atoms with Gasteiger partial charge in [-0.25, -0.2) is 0 Å². The van der Waals surface area contributed by atoms with E-state index in [1.807, 2.05) is 7.05 Å². The summed E-state index contributed by atoms with van der Waals surface area (Å²) < 4.78 is 0. The quantitative estimate of drug-likeness (QED) is 0.585. The highest BCUT2D eigenvalue weighted by Crippen LogP contribution is 2.19. The third-order valence-electron chi connectivity index (χ3n) is 4.93. The van der Waals surface area contributed by atoms with E-state index in [1.54, 1.807) is 0 Å². The number of amides is 1. The number of nitrogens with zero attached hydrogens (tertiary/aromatic N) is 3. The lowest BCUT2D eigenvalue weighted by atomic mass is 9.95. The molecule has 23 heavy (non-hydrogen) atoms. The standard InChI is InChI=1S/C17H33N5O/c1-19-17(20-8-12-21-9-4-2-3-5-10-21)22-11-6-7-15(14-22)13-16(18)23/h15H,2-14H2,1H3,(H2,18,23)(H,19,20). The fraction of sp³-hybridized carbons (Fsp3) is 0.882. The smallest absolute Gasteiger partial charge is 0.217 e. The molecule has 2 fully saturated rings. The van der Waals surface area contributed by atoms with Crippen LogP contribution < -0.4 is 11.1 Å². The Morgan fingerprint density at radius 1 is 1.17 bits per heavy atom. The zero-order valence-corrected chi connectivity index (χ0v) is 14.6. The number of primary amides is 1. The van der Waals surface area contributed by atoms with Gasteiger partial charge in [-0.2, -0.15) is 0 Å². The summed E-state index contributed by atoms with van der Waals surface area (Å²) in [6, 6.07) is 0. The van der Waals surface area contributed by atoms with E-state index in [0.717, 1.165) is 45.0 Å². The fourth-order valence-electron chi connectivity index (χ4n) is 3.73. The monoisotopic (exact) mass is 323 g/mol. The number of guanidine groups is 1. The lowest BCUT2D eigenvalue weighted by Gasteiger charge is -2.35. The molecule has 2 aliphatic heterocycles. The Morgan fingerprint density at radius 2 is 1.91 bits per heavy atom. The van der Waals surface area contributed by atoms with E-state index in [1.165, 1.54) is 38.8 Å². The molecule has 6 heteroatoms. The topological polar surface area (TPSA) is 74.0 Å². The Labute approximate surface area is 140 Å². The molecule has 6 nitrogen and oxygen atoms in total. The van der Waals surface area contributed by atoms with E-state index in [2.05, 4.69) is 20.1 Å². The first-order chi connectivity index (χ1) is 11.2. The molecule has 0 radical (unpaired) electrons. The van der Waals surface area contributed by atoms with Crippen molar-refractivity contribution in [2.45, 2.75) is 44.9 Å². The fourth-order valence-corrected chi connectivity index (χ4v) is 3.73. The molecular formula is C17H33N5O. The van der Waals surface area contributed by atoms with E-state index in [0.29, 0.717) is 12.3 Å². The van der Waals surface area contributed by atoms with Crippen molar-refractivity contribution in [1.29, 1.82) is 0 Å². The maximum atomic E-state index is 11.1. The van der Waals surface area contributed by atoms with Gasteiger partial charge in [0.1, 0.15) is 0 Å². The molecule has 2 heterocycles. The average molecular weight is 323 g/mol. The number of carbonyl (C=O) groups is 1. The first-order valence-corrected chi connectivity index (χ1v) is 9.15. The summed E-state index contributed by atoms with van der Waals surface area (Å²) in [6.07, 6.45) is 8.09. The van der Waals surface area contributed by atoms with Crippen molar-refractivity contribution in [3.8, 4) is 0 Å². The second kappa shape index (κ2) is 9.75. The van der Waals surface area contributed by atoms with Crippen LogP contribution in [0.4, 0.5) is 0 Å². The highest BCUT2D eigenvalue weighted by molar-refractivity contribution is 5.80. The van der Waals surface area contributed by atoms with Crippen LogP contribution in [0.2, 0.25) is 0 Å². The molecule has 2 saturated heterocycles. The SMILES string of the molecule is CN=C(NCCN1CCCCCC1)N1CCCC(CC(N)=O)C1. The summed E-state index contributed by atoms with van der Waals surface area (Å²) in [6.45, 7) is 6.36. The van der Waals surface area contributed by atoms with Crippen LogP contribution >= 0.6 is 0 Å². The Bertz CT molecular complexity index is 390. The van der Waals surface area contributed by atoms with Crippen molar-refractivity contribution >= 4 is 11.9 Å². The third kappa shape index (κ3) is 6.37. The summed E-state index contributed by atoms with van der Waals surface area (Å²) >= 11 is 0. The van der Waals surface area contributed by atoms with Crippen LogP contribution in [0.1, 0.15) is 44.9 Å². The number of hydrogen-bond acceptors (Lipinski definition) is 3. The molecule has 2 rings (SSSR count). The Kier molecular flexibility index (Phi) is 7.65. The first kappa shape index (κ1) is 18.0. The number of aliphatic imine (C=N–C) groups is 1. The molecule has 0 aromatic heterocycles. The number of nitrogens with two attached hydrogens (primary N) is 1. The number of rotatable bonds is 5. The molecule has 1 amide bonds. The molecule has 0 aromatic carbocycles. The summed E-state index contributed by atoms with van der Waals surface area (Å²) in [5.74, 6) is 1.14. The van der Waals surface area contributed by atoms with Gasteiger partial charge in [0, 0.05) is 39.6 Å².